The lowest BCUT2D eigenvalue weighted by atomic mass is 9.72. The molecule has 30 heavy (non-hydrogen) atoms. The molecule has 4 rings (SSSR count). The van der Waals surface area contributed by atoms with E-state index in [1.165, 1.54) is 12.1 Å². The third-order valence-electron chi connectivity index (χ3n) is 6.09. The SMILES string of the molecule is O=C(NCc1cccs1)[C@H]1CN(C(=O)NCc2cccc(F)c2)CC12CCOCC2. The van der Waals surface area contributed by atoms with Crippen molar-refractivity contribution in [3.8, 4) is 0 Å². The molecule has 1 spiro atoms. The molecule has 2 N–H and O–H groups in total. The highest BCUT2D eigenvalue weighted by atomic mass is 32.1. The average molecular weight is 432 g/mol. The van der Waals surface area contributed by atoms with Crippen LogP contribution in [0.25, 0.3) is 0 Å². The van der Waals surface area contributed by atoms with Gasteiger partial charge in [0.05, 0.1) is 12.5 Å². The van der Waals surface area contributed by atoms with Crippen molar-refractivity contribution < 1.29 is 18.7 Å². The Bertz CT molecular complexity index is 884. The maximum Gasteiger partial charge on any atom is 0.317 e. The molecule has 2 saturated heterocycles. The van der Waals surface area contributed by atoms with Crippen LogP contribution in [0.4, 0.5) is 9.18 Å². The van der Waals surface area contributed by atoms with Gasteiger partial charge < -0.3 is 20.3 Å². The molecule has 3 amide bonds. The van der Waals surface area contributed by atoms with E-state index in [4.69, 9.17) is 4.74 Å². The predicted octanol–water partition coefficient (Wildman–Crippen LogP) is 3.14. The van der Waals surface area contributed by atoms with Gasteiger partial charge in [-0.1, -0.05) is 18.2 Å². The smallest absolute Gasteiger partial charge is 0.317 e. The van der Waals surface area contributed by atoms with Crippen LogP contribution in [-0.4, -0.2) is 43.1 Å². The number of hydrogen-bond acceptors (Lipinski definition) is 4. The zero-order chi connectivity index (χ0) is 21.0. The van der Waals surface area contributed by atoms with Crippen LogP contribution >= 0.6 is 11.3 Å². The molecule has 6 nitrogen and oxygen atoms in total. The number of thiophene rings is 1. The molecule has 2 aromatic rings. The molecule has 8 heteroatoms. The summed E-state index contributed by atoms with van der Waals surface area (Å²) in [6.45, 7) is 2.87. The molecular weight excluding hydrogens is 405 g/mol. The molecule has 0 bridgehead atoms. The van der Waals surface area contributed by atoms with Gasteiger partial charge in [0.25, 0.3) is 0 Å². The fraction of sp³-hybridized carbons (Fsp3) is 0.455. The number of urea groups is 1. The molecule has 2 fully saturated rings. The number of benzene rings is 1. The second kappa shape index (κ2) is 9.14. The van der Waals surface area contributed by atoms with Gasteiger partial charge in [-0.2, -0.15) is 0 Å². The van der Waals surface area contributed by atoms with Crippen molar-refractivity contribution >= 4 is 23.3 Å². The number of hydrogen-bond donors (Lipinski definition) is 2. The highest BCUT2D eigenvalue weighted by molar-refractivity contribution is 7.09. The second-order valence-electron chi connectivity index (χ2n) is 7.99. The van der Waals surface area contributed by atoms with Crippen LogP contribution < -0.4 is 10.6 Å². The maximum atomic E-state index is 13.4. The Morgan fingerprint density at radius 2 is 2.00 bits per heavy atom. The quantitative estimate of drug-likeness (QED) is 0.764. The fourth-order valence-corrected chi connectivity index (χ4v) is 5.06. The number of carbonyl (C=O) groups excluding carboxylic acids is 2. The largest absolute Gasteiger partial charge is 0.381 e. The van der Waals surface area contributed by atoms with Crippen molar-refractivity contribution in [2.45, 2.75) is 25.9 Å². The Balaban J connectivity index is 1.40. The minimum Gasteiger partial charge on any atom is -0.381 e. The van der Waals surface area contributed by atoms with Crippen molar-refractivity contribution in [1.29, 1.82) is 0 Å². The Hall–Kier alpha value is -2.45. The van der Waals surface area contributed by atoms with Crippen LogP contribution in [0, 0.1) is 17.2 Å². The zero-order valence-corrected chi connectivity index (χ0v) is 17.6. The number of likely N-dealkylation sites (tertiary alicyclic amines) is 1. The van der Waals surface area contributed by atoms with Crippen LogP contribution in [0.3, 0.4) is 0 Å². The third-order valence-corrected chi connectivity index (χ3v) is 6.97. The van der Waals surface area contributed by atoms with Crippen LogP contribution in [0.2, 0.25) is 0 Å². The van der Waals surface area contributed by atoms with Crippen LogP contribution in [0.1, 0.15) is 23.3 Å². The number of nitrogens with one attached hydrogen (secondary N) is 2. The molecule has 2 aliphatic rings. The lowest BCUT2D eigenvalue weighted by Gasteiger charge is -2.37. The first-order valence-electron chi connectivity index (χ1n) is 10.2. The van der Waals surface area contributed by atoms with E-state index in [0.717, 1.165) is 17.7 Å². The zero-order valence-electron chi connectivity index (χ0n) is 16.7. The average Bonchev–Trinajstić information content (AvgIpc) is 3.39. The van der Waals surface area contributed by atoms with Crippen molar-refractivity contribution in [2.24, 2.45) is 11.3 Å². The van der Waals surface area contributed by atoms with Gasteiger partial charge in [0.1, 0.15) is 5.82 Å². The summed E-state index contributed by atoms with van der Waals surface area (Å²) in [5.41, 5.74) is 0.446. The van der Waals surface area contributed by atoms with Gasteiger partial charge in [-0.05, 0) is 42.0 Å². The summed E-state index contributed by atoms with van der Waals surface area (Å²) < 4.78 is 18.9. The Morgan fingerprint density at radius 3 is 2.73 bits per heavy atom. The van der Waals surface area contributed by atoms with Crippen LogP contribution in [0.15, 0.2) is 41.8 Å². The lowest BCUT2D eigenvalue weighted by molar-refractivity contribution is -0.130. The number of amides is 3. The summed E-state index contributed by atoms with van der Waals surface area (Å²) >= 11 is 1.61. The van der Waals surface area contributed by atoms with E-state index in [1.807, 2.05) is 17.5 Å². The molecule has 0 saturated carbocycles. The second-order valence-corrected chi connectivity index (χ2v) is 9.03. The lowest BCUT2D eigenvalue weighted by Crippen LogP contribution is -2.44. The first-order chi connectivity index (χ1) is 14.6. The summed E-state index contributed by atoms with van der Waals surface area (Å²) in [6.07, 6.45) is 1.52. The minimum atomic E-state index is -0.327. The number of carbonyl (C=O) groups is 2. The van der Waals surface area contributed by atoms with Gasteiger partial charge in [-0.3, -0.25) is 4.79 Å². The van der Waals surface area contributed by atoms with E-state index < -0.39 is 0 Å². The Morgan fingerprint density at radius 1 is 1.17 bits per heavy atom. The van der Waals surface area contributed by atoms with E-state index in [9.17, 15) is 14.0 Å². The summed E-state index contributed by atoms with van der Waals surface area (Å²) in [6, 6.07) is 9.91. The monoisotopic (exact) mass is 431 g/mol. The number of halogens is 1. The van der Waals surface area contributed by atoms with E-state index in [1.54, 1.807) is 28.4 Å². The van der Waals surface area contributed by atoms with Gasteiger partial charge in [0.2, 0.25) is 5.91 Å². The summed E-state index contributed by atoms with van der Waals surface area (Å²) in [4.78, 5) is 28.7. The first-order valence-corrected chi connectivity index (χ1v) is 11.1. The first kappa shape index (κ1) is 20.8. The topological polar surface area (TPSA) is 70.7 Å². The highest BCUT2D eigenvalue weighted by Crippen LogP contribution is 2.44. The molecule has 1 aromatic carbocycles. The van der Waals surface area contributed by atoms with Gasteiger partial charge in [0, 0.05) is 43.1 Å². The molecule has 1 aromatic heterocycles. The van der Waals surface area contributed by atoms with E-state index in [2.05, 4.69) is 10.6 Å². The standard InChI is InChI=1S/C22H26FN3O3S/c23-17-4-1-3-16(11-17)12-25-21(28)26-14-19(22(15-26)6-8-29-9-7-22)20(27)24-13-18-5-2-10-30-18/h1-5,10-11,19H,6-9,12-15H2,(H,24,27)(H,25,28)/t19-/m1/s1. The van der Waals surface area contributed by atoms with Crippen molar-refractivity contribution in [2.75, 3.05) is 26.3 Å². The van der Waals surface area contributed by atoms with E-state index in [0.29, 0.717) is 38.4 Å². The van der Waals surface area contributed by atoms with Gasteiger partial charge in [-0.25, -0.2) is 9.18 Å². The maximum absolute atomic E-state index is 13.4. The van der Waals surface area contributed by atoms with Crippen LogP contribution in [0.5, 0.6) is 0 Å². The van der Waals surface area contributed by atoms with Gasteiger partial charge in [0.15, 0.2) is 0 Å². The molecule has 2 aliphatic heterocycles. The molecule has 0 unspecified atom stereocenters. The van der Waals surface area contributed by atoms with Gasteiger partial charge in [-0.15, -0.1) is 11.3 Å². The fourth-order valence-electron chi connectivity index (χ4n) is 4.42. The van der Waals surface area contributed by atoms with Crippen LogP contribution in [-0.2, 0) is 22.6 Å². The highest BCUT2D eigenvalue weighted by Gasteiger charge is 2.51. The number of ether oxygens (including phenoxy) is 1. The number of rotatable bonds is 5. The van der Waals surface area contributed by atoms with Crippen molar-refractivity contribution in [3.63, 3.8) is 0 Å². The predicted molar refractivity (Wildman–Crippen MR) is 112 cm³/mol. The minimum absolute atomic E-state index is 0.00858. The number of nitrogens with zero attached hydrogens (tertiary/aromatic N) is 1. The van der Waals surface area contributed by atoms with Crippen molar-refractivity contribution in [3.05, 3.63) is 58.0 Å². The summed E-state index contributed by atoms with van der Waals surface area (Å²) in [5, 5.41) is 7.90. The van der Waals surface area contributed by atoms with Gasteiger partial charge >= 0.3 is 6.03 Å². The Kier molecular flexibility index (Phi) is 6.34. The molecule has 0 radical (unpaired) electrons. The van der Waals surface area contributed by atoms with E-state index >= 15 is 0 Å². The summed E-state index contributed by atoms with van der Waals surface area (Å²) in [7, 11) is 0. The molecule has 1 atom stereocenters. The molecular formula is C22H26FN3O3S. The Labute approximate surface area is 179 Å². The molecule has 0 aliphatic carbocycles. The molecule has 160 valence electrons. The van der Waals surface area contributed by atoms with Crippen molar-refractivity contribution in [1.82, 2.24) is 15.5 Å². The summed E-state index contributed by atoms with van der Waals surface area (Å²) in [5.74, 6) is -0.599. The molecule has 3 heterocycles. The van der Waals surface area contributed by atoms with E-state index in [-0.39, 0.29) is 35.6 Å². The third kappa shape index (κ3) is 4.65. The normalized spacial score (nSPS) is 20.3.